The van der Waals surface area contributed by atoms with E-state index in [9.17, 15) is 28.5 Å². The van der Waals surface area contributed by atoms with E-state index >= 15 is 0 Å². The summed E-state index contributed by atoms with van der Waals surface area (Å²) < 4.78 is 36.1. The Morgan fingerprint density at radius 1 is 0.883 bits per heavy atom. The van der Waals surface area contributed by atoms with Gasteiger partial charge >= 0.3 is 5.97 Å². The van der Waals surface area contributed by atoms with Crippen molar-refractivity contribution in [2.75, 3.05) is 11.8 Å². The molecule has 0 aliphatic carbocycles. The number of nitrogens with zero attached hydrogens (tertiary/aromatic N) is 6. The number of hydrogen-bond donors (Lipinski definition) is 3. The van der Waals surface area contributed by atoms with E-state index in [1.165, 1.54) is 37.6 Å². The van der Waals surface area contributed by atoms with Crippen molar-refractivity contribution < 1.29 is 22.7 Å². The number of aromatic nitrogens is 4. The van der Waals surface area contributed by atoms with Crippen molar-refractivity contribution in [3.05, 3.63) is 147 Å². The summed E-state index contributed by atoms with van der Waals surface area (Å²) in [6, 6.07) is 27.8. The lowest BCUT2D eigenvalue weighted by atomic mass is 9.96. The molecule has 0 spiro atoms. The molecule has 1 aliphatic rings. The third kappa shape index (κ3) is 7.19. The van der Waals surface area contributed by atoms with Crippen LogP contribution in [0.4, 0.5) is 5.69 Å². The number of carbonyl (C=O) groups is 2. The summed E-state index contributed by atoms with van der Waals surface area (Å²) in [4.78, 5) is 34.8. The average Bonchev–Trinajstić information content (AvgIpc) is 3.93. The summed E-state index contributed by atoms with van der Waals surface area (Å²) in [6.07, 6.45) is 1.45. The molecule has 60 heavy (non-hydrogen) atoms. The maximum absolute atomic E-state index is 13.3. The van der Waals surface area contributed by atoms with Crippen LogP contribution in [0.3, 0.4) is 0 Å². The number of anilines is 1. The monoisotopic (exact) mass is 833 g/mol. The Balaban J connectivity index is 0.944. The molecule has 0 saturated heterocycles. The van der Waals surface area contributed by atoms with Crippen molar-refractivity contribution in [2.45, 2.75) is 44.7 Å². The number of nitrogens with one attached hydrogen (secondary N) is 3. The molecule has 3 N–H and O–H groups in total. The molecule has 0 unspecified atom stereocenters. The second-order valence-electron chi connectivity index (χ2n) is 14.1. The van der Waals surface area contributed by atoms with E-state index < -0.39 is 22.0 Å². The van der Waals surface area contributed by atoms with Gasteiger partial charge in [-0.05, 0) is 79.4 Å². The van der Waals surface area contributed by atoms with Crippen LogP contribution in [0.15, 0.2) is 101 Å². The molecule has 1 aliphatic heterocycles. The Bertz CT molecular complexity index is 3080. The van der Waals surface area contributed by atoms with Crippen LogP contribution >= 0.6 is 11.3 Å². The molecule has 3 aromatic heterocycles. The Morgan fingerprint density at radius 3 is 2.22 bits per heavy atom. The number of benzene rings is 4. The molecule has 0 radical (unpaired) electrons. The van der Waals surface area contributed by atoms with Crippen LogP contribution in [0.5, 0.6) is 0 Å². The SMILES string of the molecule is COC(=O)C[C@@H]1N=C(c2ccc(-c3ccc(C(=O)NCc4ccc(S(=O)(=O)Nc5ccc(C#N)c6c(C#N)c[nH]c56)cc4)cc3)cc2)c2c(sc(C)c2C)-n2c(C)nnc21. The second-order valence-corrected chi connectivity index (χ2v) is 17.0. The molecule has 4 heterocycles. The summed E-state index contributed by atoms with van der Waals surface area (Å²) in [5, 5.41) is 31.8. The number of sulfonamides is 1. The van der Waals surface area contributed by atoms with Gasteiger partial charge in [0, 0.05) is 39.7 Å². The summed E-state index contributed by atoms with van der Waals surface area (Å²) in [7, 11) is -2.67. The number of carbonyl (C=O) groups excluding carboxylic acids is 2. The molecule has 1 amide bonds. The molecule has 16 heteroatoms. The zero-order valence-electron chi connectivity index (χ0n) is 32.7. The molecular weight excluding hydrogens is 799 g/mol. The number of rotatable bonds is 10. The van der Waals surface area contributed by atoms with Crippen molar-refractivity contribution in [1.82, 2.24) is 25.1 Å². The number of methoxy groups -OCH3 is 1. The van der Waals surface area contributed by atoms with E-state index in [1.807, 2.05) is 60.0 Å². The lowest BCUT2D eigenvalue weighted by Gasteiger charge is -2.12. The van der Waals surface area contributed by atoms with E-state index in [2.05, 4.69) is 39.1 Å². The van der Waals surface area contributed by atoms with Gasteiger partial charge in [-0.1, -0.05) is 48.5 Å². The Kier molecular flexibility index (Phi) is 10.3. The number of hydrogen-bond acceptors (Lipinski definition) is 11. The number of thiophene rings is 1. The number of aliphatic imine (C=N–C) groups is 1. The first-order chi connectivity index (χ1) is 28.9. The third-order valence-electron chi connectivity index (χ3n) is 10.5. The smallest absolute Gasteiger partial charge is 0.308 e. The molecule has 298 valence electrons. The number of amides is 1. The fourth-order valence-electron chi connectivity index (χ4n) is 7.19. The Labute approximate surface area is 348 Å². The molecular formula is C44H35N9O5S2. The highest BCUT2D eigenvalue weighted by Crippen LogP contribution is 2.40. The van der Waals surface area contributed by atoms with Crippen molar-refractivity contribution in [3.63, 3.8) is 0 Å². The van der Waals surface area contributed by atoms with Crippen LogP contribution in [0.2, 0.25) is 0 Å². The standard InChI is InChI=1S/C44H35N9O5S2/c1-24-25(2)59-44-38(24)40(49-36(19-37(54)58-4)42-51-50-26(3)53(42)44)30-11-7-28(8-12-30)29-9-13-31(14-10-29)43(55)48-22-27-5-16-34(17-6-27)60(56,57)52-35-18-15-32(20-45)39-33(21-46)23-47-41(35)39/h5-18,23,36,47,52H,19,22H2,1-4H3,(H,48,55)/t36-/m0/s1. The van der Waals surface area contributed by atoms with Crippen LogP contribution < -0.4 is 10.0 Å². The van der Waals surface area contributed by atoms with E-state index in [0.29, 0.717) is 33.7 Å². The Morgan fingerprint density at radius 2 is 1.55 bits per heavy atom. The van der Waals surface area contributed by atoms with Crippen LogP contribution in [-0.2, 0) is 26.1 Å². The van der Waals surface area contributed by atoms with Gasteiger partial charge in [-0.3, -0.25) is 23.9 Å². The van der Waals surface area contributed by atoms with Crippen LogP contribution in [-0.4, -0.2) is 52.9 Å². The van der Waals surface area contributed by atoms with Gasteiger partial charge in [0.1, 0.15) is 22.9 Å². The highest BCUT2D eigenvalue weighted by molar-refractivity contribution is 7.92. The molecule has 7 aromatic rings. The van der Waals surface area contributed by atoms with Crippen LogP contribution in [0.1, 0.15) is 72.7 Å². The van der Waals surface area contributed by atoms with Crippen molar-refractivity contribution in [2.24, 2.45) is 4.99 Å². The predicted octanol–water partition coefficient (Wildman–Crippen LogP) is 7.33. The average molecular weight is 834 g/mol. The largest absolute Gasteiger partial charge is 0.469 e. The van der Waals surface area contributed by atoms with E-state index in [4.69, 9.17) is 9.73 Å². The maximum Gasteiger partial charge on any atom is 0.308 e. The molecule has 14 nitrogen and oxygen atoms in total. The first-order valence-electron chi connectivity index (χ1n) is 18.6. The van der Waals surface area contributed by atoms with E-state index in [-0.39, 0.29) is 40.6 Å². The summed E-state index contributed by atoms with van der Waals surface area (Å²) in [5.74, 6) is 0.612. The number of esters is 1. The third-order valence-corrected chi connectivity index (χ3v) is 13.0. The van der Waals surface area contributed by atoms with Gasteiger partial charge < -0.3 is 15.0 Å². The minimum atomic E-state index is -4.03. The predicted molar refractivity (Wildman–Crippen MR) is 226 cm³/mol. The molecule has 0 bridgehead atoms. The molecule has 0 fully saturated rings. The molecule has 4 aromatic carbocycles. The first kappa shape index (κ1) is 39.4. The maximum atomic E-state index is 13.3. The quantitative estimate of drug-likeness (QED) is 0.118. The number of fused-ring (bicyclic) bond motifs is 4. The number of aromatic amines is 1. The van der Waals surface area contributed by atoms with Gasteiger partial charge in [0.15, 0.2) is 5.82 Å². The normalized spacial score (nSPS) is 13.3. The molecule has 1 atom stereocenters. The van der Waals surface area contributed by atoms with Crippen molar-refractivity contribution in [3.8, 4) is 28.3 Å². The highest BCUT2D eigenvalue weighted by Gasteiger charge is 2.32. The zero-order valence-corrected chi connectivity index (χ0v) is 34.3. The number of ether oxygens (including phenoxy) is 1. The van der Waals surface area contributed by atoms with Gasteiger partial charge in [-0.25, -0.2) is 8.42 Å². The topological polar surface area (TPSA) is 208 Å². The fraction of sp³-hybridized carbons (Fsp3) is 0.159. The van der Waals surface area contributed by atoms with Gasteiger partial charge in [-0.2, -0.15) is 10.5 Å². The number of H-pyrrole nitrogens is 1. The first-order valence-corrected chi connectivity index (χ1v) is 20.9. The Hall–Kier alpha value is -7.40. The lowest BCUT2D eigenvalue weighted by Crippen LogP contribution is -2.22. The van der Waals surface area contributed by atoms with Crippen LogP contribution in [0, 0.1) is 43.4 Å². The summed E-state index contributed by atoms with van der Waals surface area (Å²) >= 11 is 1.64. The van der Waals surface area contributed by atoms with Gasteiger partial charge in [0.25, 0.3) is 15.9 Å². The lowest BCUT2D eigenvalue weighted by molar-refractivity contribution is -0.141. The van der Waals surface area contributed by atoms with Gasteiger partial charge in [-0.15, -0.1) is 21.5 Å². The van der Waals surface area contributed by atoms with Crippen LogP contribution in [0.25, 0.3) is 27.0 Å². The van der Waals surface area contributed by atoms with Gasteiger partial charge in [0.2, 0.25) is 0 Å². The summed E-state index contributed by atoms with van der Waals surface area (Å²) in [6.45, 7) is 6.20. The van der Waals surface area contributed by atoms with Crippen molar-refractivity contribution in [1.29, 1.82) is 10.5 Å². The van der Waals surface area contributed by atoms with E-state index in [0.717, 1.165) is 43.4 Å². The fourth-order valence-corrected chi connectivity index (χ4v) is 9.48. The molecule has 8 rings (SSSR count). The summed E-state index contributed by atoms with van der Waals surface area (Å²) in [5.41, 5.74) is 7.72. The minimum Gasteiger partial charge on any atom is -0.469 e. The number of nitriles is 2. The number of aryl methyl sites for hydroxylation is 2. The minimum absolute atomic E-state index is 0.00231. The zero-order chi connectivity index (χ0) is 42.3. The van der Waals surface area contributed by atoms with Crippen molar-refractivity contribution >= 4 is 55.5 Å². The highest BCUT2D eigenvalue weighted by atomic mass is 32.2. The van der Waals surface area contributed by atoms with Gasteiger partial charge in [0.05, 0.1) is 52.5 Å². The van der Waals surface area contributed by atoms with E-state index in [1.54, 1.807) is 35.6 Å². The molecule has 0 saturated carbocycles. The second kappa shape index (κ2) is 15.7.